The minimum Gasteiger partial charge on any atom is -0.347 e. The molecule has 1 aliphatic rings. The average molecular weight is 317 g/mol. The maximum Gasteiger partial charge on any atom is 0.280 e. The fraction of sp³-hybridized carbons (Fsp3) is 0.312. The van der Waals surface area contributed by atoms with Crippen LogP contribution in [-0.2, 0) is 26.6 Å². The Morgan fingerprint density at radius 2 is 2.04 bits per heavy atom. The zero-order valence-electron chi connectivity index (χ0n) is 13.1. The average Bonchev–Trinajstić information content (AvgIpc) is 3.24. The molecule has 0 radical (unpaired) electrons. The van der Waals surface area contributed by atoms with E-state index < -0.39 is 5.79 Å². The summed E-state index contributed by atoms with van der Waals surface area (Å²) in [6, 6.07) is 12.0. The number of anilines is 1. The summed E-state index contributed by atoms with van der Waals surface area (Å²) in [6.45, 7) is 2.47. The molecule has 1 N–H and O–H groups in total. The smallest absolute Gasteiger partial charge is 0.280 e. The van der Waals surface area contributed by atoms with Gasteiger partial charge < -0.3 is 5.32 Å². The Bertz CT molecular complexity index is 665. The molecule has 0 bridgehead atoms. The van der Waals surface area contributed by atoms with Crippen molar-refractivity contribution in [3.8, 4) is 11.3 Å². The molecule has 122 valence electrons. The lowest BCUT2D eigenvalue weighted by molar-refractivity contribution is -0.298. The lowest BCUT2D eigenvalue weighted by Crippen LogP contribution is -2.16. The van der Waals surface area contributed by atoms with E-state index in [2.05, 4.69) is 10.4 Å². The fourth-order valence-electron chi connectivity index (χ4n) is 2.02. The van der Waals surface area contributed by atoms with Gasteiger partial charge in [-0.15, -0.1) is 0 Å². The molecule has 1 fully saturated rings. The van der Waals surface area contributed by atoms with E-state index in [1.165, 1.54) is 0 Å². The molecular weight excluding hydrogens is 298 g/mol. The summed E-state index contributed by atoms with van der Waals surface area (Å²) in [4.78, 5) is 19.6. The van der Waals surface area contributed by atoms with E-state index in [0.717, 1.165) is 17.1 Å². The van der Waals surface area contributed by atoms with Crippen LogP contribution in [0, 0.1) is 0 Å². The van der Waals surface area contributed by atoms with Crippen molar-refractivity contribution < 1.29 is 19.6 Å². The Balaban J connectivity index is 1.61. The lowest BCUT2D eigenvalue weighted by Gasteiger charge is -2.03. The maximum absolute atomic E-state index is 4.95. The molecule has 23 heavy (non-hydrogen) atoms. The number of aryl methyl sites for hydroxylation is 1. The molecule has 3 rings (SSSR count). The van der Waals surface area contributed by atoms with Crippen LogP contribution in [0.25, 0.3) is 11.3 Å². The Hall–Kier alpha value is -2.19. The maximum atomic E-state index is 4.95. The molecule has 0 aliphatic carbocycles. The second-order valence-electron chi connectivity index (χ2n) is 5.03. The molecule has 1 aromatic heterocycles. The first-order valence-electron chi connectivity index (χ1n) is 7.37. The van der Waals surface area contributed by atoms with E-state index in [4.69, 9.17) is 19.6 Å². The molecule has 1 aliphatic heterocycles. The highest BCUT2D eigenvalue weighted by molar-refractivity contribution is 5.63. The second-order valence-corrected chi connectivity index (χ2v) is 5.03. The fourth-order valence-corrected chi connectivity index (χ4v) is 2.02. The highest BCUT2D eigenvalue weighted by Gasteiger charge is 2.47. The SMILES string of the molecule is CCOOCC1(C=CNc2cc(-c3ccccc3)nn2C)OO1. The van der Waals surface area contributed by atoms with Gasteiger partial charge in [-0.25, -0.2) is 9.78 Å². The third kappa shape index (κ3) is 3.96. The van der Waals surface area contributed by atoms with Crippen LogP contribution in [0.1, 0.15) is 6.92 Å². The Kier molecular flexibility index (Phi) is 4.73. The van der Waals surface area contributed by atoms with Crippen LogP contribution in [-0.4, -0.2) is 28.8 Å². The monoisotopic (exact) mass is 317 g/mol. The molecule has 0 unspecified atom stereocenters. The van der Waals surface area contributed by atoms with Crippen molar-refractivity contribution >= 4 is 5.82 Å². The standard InChI is InChI=1S/C16H19N3O4/c1-3-20-21-12-16(22-23-16)9-10-17-15-11-14(18-19(15)2)13-7-5-4-6-8-13/h4-11,17H,3,12H2,1-2H3. The first kappa shape index (κ1) is 15.7. The van der Waals surface area contributed by atoms with E-state index in [1.54, 1.807) is 17.0 Å². The normalized spacial score (nSPS) is 15.9. The van der Waals surface area contributed by atoms with Crippen LogP contribution in [0.3, 0.4) is 0 Å². The first-order chi connectivity index (χ1) is 11.2. The topological polar surface area (TPSA) is 73.4 Å². The van der Waals surface area contributed by atoms with Gasteiger partial charge in [-0.05, 0) is 13.0 Å². The van der Waals surface area contributed by atoms with Crippen LogP contribution >= 0.6 is 0 Å². The van der Waals surface area contributed by atoms with Crippen LogP contribution < -0.4 is 5.32 Å². The minimum atomic E-state index is -0.872. The van der Waals surface area contributed by atoms with Gasteiger partial charge >= 0.3 is 0 Å². The van der Waals surface area contributed by atoms with Crippen LogP contribution in [0.2, 0.25) is 0 Å². The third-order valence-corrected chi connectivity index (χ3v) is 3.28. The van der Waals surface area contributed by atoms with Crippen LogP contribution in [0.4, 0.5) is 5.82 Å². The van der Waals surface area contributed by atoms with Crippen molar-refractivity contribution in [2.75, 3.05) is 18.5 Å². The molecule has 2 aromatic rings. The van der Waals surface area contributed by atoms with Gasteiger partial charge in [0.1, 0.15) is 12.4 Å². The predicted octanol–water partition coefficient (Wildman–Crippen LogP) is 2.64. The summed E-state index contributed by atoms with van der Waals surface area (Å²) in [6.07, 6.45) is 3.45. The van der Waals surface area contributed by atoms with Crippen molar-refractivity contribution in [1.29, 1.82) is 0 Å². The van der Waals surface area contributed by atoms with Crippen molar-refractivity contribution in [3.05, 3.63) is 48.7 Å². The van der Waals surface area contributed by atoms with E-state index in [0.29, 0.717) is 6.61 Å². The predicted molar refractivity (Wildman–Crippen MR) is 83.9 cm³/mol. The Morgan fingerprint density at radius 3 is 2.74 bits per heavy atom. The van der Waals surface area contributed by atoms with Crippen molar-refractivity contribution in [3.63, 3.8) is 0 Å². The number of benzene rings is 1. The molecule has 0 saturated carbocycles. The largest absolute Gasteiger partial charge is 0.347 e. The number of hydrogen-bond acceptors (Lipinski definition) is 6. The molecule has 0 amide bonds. The zero-order valence-corrected chi connectivity index (χ0v) is 13.1. The summed E-state index contributed by atoms with van der Waals surface area (Å²) < 4.78 is 1.77. The Labute approximate surface area is 134 Å². The van der Waals surface area contributed by atoms with Gasteiger partial charge in [-0.3, -0.25) is 4.68 Å². The number of rotatable bonds is 8. The number of aromatic nitrogens is 2. The summed E-state index contributed by atoms with van der Waals surface area (Å²) in [7, 11) is 1.88. The van der Waals surface area contributed by atoms with E-state index in [-0.39, 0.29) is 6.61 Å². The highest BCUT2D eigenvalue weighted by atomic mass is 17.4. The molecule has 2 heterocycles. The molecule has 0 atom stereocenters. The van der Waals surface area contributed by atoms with E-state index in [9.17, 15) is 0 Å². The minimum absolute atomic E-state index is 0.166. The number of nitrogens with zero attached hydrogens (tertiary/aromatic N) is 2. The van der Waals surface area contributed by atoms with Crippen LogP contribution in [0.15, 0.2) is 48.7 Å². The first-order valence-corrected chi connectivity index (χ1v) is 7.37. The quantitative estimate of drug-likeness (QED) is 0.349. The number of hydrogen-bond donors (Lipinski definition) is 1. The highest BCUT2D eigenvalue weighted by Crippen LogP contribution is 2.31. The lowest BCUT2D eigenvalue weighted by atomic mass is 10.2. The second kappa shape index (κ2) is 6.93. The van der Waals surface area contributed by atoms with Gasteiger partial charge in [0.05, 0.1) is 12.3 Å². The number of nitrogens with one attached hydrogen (secondary N) is 1. The zero-order chi connectivity index (χ0) is 16.1. The van der Waals surface area contributed by atoms with Crippen molar-refractivity contribution in [1.82, 2.24) is 9.78 Å². The van der Waals surface area contributed by atoms with Gasteiger partial charge in [0.2, 0.25) is 0 Å². The molecule has 0 spiro atoms. The summed E-state index contributed by atoms with van der Waals surface area (Å²) >= 11 is 0. The summed E-state index contributed by atoms with van der Waals surface area (Å²) in [5, 5.41) is 7.64. The van der Waals surface area contributed by atoms with E-state index in [1.807, 2.05) is 50.4 Å². The van der Waals surface area contributed by atoms with Gasteiger partial charge in [-0.2, -0.15) is 14.9 Å². The summed E-state index contributed by atoms with van der Waals surface area (Å²) in [5.74, 6) is -0.0233. The molecule has 1 aromatic carbocycles. The van der Waals surface area contributed by atoms with E-state index >= 15 is 0 Å². The van der Waals surface area contributed by atoms with Gasteiger partial charge in [0, 0.05) is 24.9 Å². The molecule has 7 heteroatoms. The third-order valence-electron chi connectivity index (χ3n) is 3.28. The van der Waals surface area contributed by atoms with Crippen molar-refractivity contribution in [2.24, 2.45) is 7.05 Å². The summed E-state index contributed by atoms with van der Waals surface area (Å²) in [5.41, 5.74) is 1.97. The Morgan fingerprint density at radius 1 is 1.26 bits per heavy atom. The van der Waals surface area contributed by atoms with Gasteiger partial charge in [0.15, 0.2) is 0 Å². The molecule has 7 nitrogen and oxygen atoms in total. The van der Waals surface area contributed by atoms with Crippen molar-refractivity contribution in [2.45, 2.75) is 12.7 Å². The van der Waals surface area contributed by atoms with Crippen LogP contribution in [0.5, 0.6) is 0 Å². The van der Waals surface area contributed by atoms with Gasteiger partial charge in [0.25, 0.3) is 5.79 Å². The molecular formula is C16H19N3O4. The van der Waals surface area contributed by atoms with Gasteiger partial charge in [-0.1, -0.05) is 30.3 Å². The molecule has 1 saturated heterocycles.